The lowest BCUT2D eigenvalue weighted by Gasteiger charge is -2.33. The predicted molar refractivity (Wildman–Crippen MR) is 137 cm³/mol. The smallest absolute Gasteiger partial charge is 0.409 e. The summed E-state index contributed by atoms with van der Waals surface area (Å²) < 4.78 is 16.6. The van der Waals surface area contributed by atoms with Crippen LogP contribution in [0.1, 0.15) is 44.2 Å². The Kier molecular flexibility index (Phi) is 9.14. The Hall–Kier alpha value is -2.38. The number of carbonyl (C=O) groups excluding carboxylic acids is 1. The first-order valence-electron chi connectivity index (χ1n) is 11.8. The quantitative estimate of drug-likeness (QED) is 0.444. The van der Waals surface area contributed by atoms with E-state index in [4.69, 9.17) is 13.7 Å². The van der Waals surface area contributed by atoms with Crippen LogP contribution in [0.4, 0.5) is 4.79 Å². The molecule has 4 atom stereocenters. The first-order valence-corrected chi connectivity index (χ1v) is 12.7. The number of methoxy groups -OCH3 is 2. The summed E-state index contributed by atoms with van der Waals surface area (Å²) >= 11 is 1.43. The highest BCUT2D eigenvalue weighted by Crippen LogP contribution is 2.47. The second kappa shape index (κ2) is 11.8. The standard InChI is InChI=1S/C27H37NO5S/c1-19(11-12-21-9-7-6-8-10-21)17-34-33-25-15-22(13-14-24(25)31-4)23-16-28(26(30)32-5)18-27(23,3)20(2)29/h6-10,13-15,19-20,23,29H,11-12,16-18H2,1-5H3/t19?,20-,23+,27+/m1/s1. The molecule has 0 aliphatic carbocycles. The van der Waals surface area contributed by atoms with E-state index in [-0.39, 0.29) is 12.0 Å². The molecule has 1 saturated heterocycles. The highest BCUT2D eigenvalue weighted by atomic mass is 32.2. The van der Waals surface area contributed by atoms with Gasteiger partial charge in [0.15, 0.2) is 11.5 Å². The van der Waals surface area contributed by atoms with Gasteiger partial charge in [0.1, 0.15) is 0 Å². The van der Waals surface area contributed by atoms with Crippen LogP contribution >= 0.6 is 12.0 Å². The molecule has 7 heteroatoms. The van der Waals surface area contributed by atoms with Crippen molar-refractivity contribution in [1.82, 2.24) is 4.90 Å². The van der Waals surface area contributed by atoms with Crippen LogP contribution in [0.3, 0.4) is 0 Å². The first kappa shape index (κ1) is 26.2. The number of aryl methyl sites for hydroxylation is 1. The van der Waals surface area contributed by atoms with E-state index in [1.54, 1.807) is 18.9 Å². The van der Waals surface area contributed by atoms with Crippen LogP contribution < -0.4 is 8.92 Å². The van der Waals surface area contributed by atoms with Crippen molar-refractivity contribution in [3.05, 3.63) is 59.7 Å². The van der Waals surface area contributed by atoms with Gasteiger partial charge in [0.25, 0.3) is 0 Å². The minimum absolute atomic E-state index is 0.0605. The number of benzene rings is 2. The summed E-state index contributed by atoms with van der Waals surface area (Å²) in [6.45, 7) is 6.93. The lowest BCUT2D eigenvalue weighted by Crippen LogP contribution is -2.38. The van der Waals surface area contributed by atoms with Gasteiger partial charge in [0.2, 0.25) is 0 Å². The average Bonchev–Trinajstić information content (AvgIpc) is 3.21. The van der Waals surface area contributed by atoms with Crippen LogP contribution in [-0.2, 0) is 11.2 Å². The minimum atomic E-state index is -0.599. The number of likely N-dealkylation sites (tertiary alicyclic amines) is 1. The number of aliphatic hydroxyl groups is 1. The molecule has 0 radical (unpaired) electrons. The van der Waals surface area contributed by atoms with E-state index >= 15 is 0 Å². The molecule has 6 nitrogen and oxygen atoms in total. The highest BCUT2D eigenvalue weighted by molar-refractivity contribution is 7.95. The predicted octanol–water partition coefficient (Wildman–Crippen LogP) is 5.54. The maximum Gasteiger partial charge on any atom is 0.409 e. The van der Waals surface area contributed by atoms with Crippen molar-refractivity contribution in [2.45, 2.75) is 45.6 Å². The molecule has 0 saturated carbocycles. The summed E-state index contributed by atoms with van der Waals surface area (Å²) in [4.78, 5) is 13.8. The average molecular weight is 488 g/mol. The summed E-state index contributed by atoms with van der Waals surface area (Å²) in [5.74, 6) is 2.63. The van der Waals surface area contributed by atoms with Crippen LogP contribution in [0.2, 0.25) is 0 Å². The van der Waals surface area contributed by atoms with Crippen molar-refractivity contribution < 1.29 is 23.6 Å². The molecule has 1 amide bonds. The molecule has 1 unspecified atom stereocenters. The third kappa shape index (κ3) is 6.19. The molecule has 0 bridgehead atoms. The number of nitrogens with zero attached hydrogens (tertiary/aromatic N) is 1. The Labute approximate surface area is 207 Å². The van der Waals surface area contributed by atoms with Gasteiger partial charge >= 0.3 is 6.09 Å². The van der Waals surface area contributed by atoms with Crippen LogP contribution in [0.25, 0.3) is 0 Å². The van der Waals surface area contributed by atoms with Gasteiger partial charge in [-0.3, -0.25) is 0 Å². The van der Waals surface area contributed by atoms with Crippen LogP contribution in [0.5, 0.6) is 11.5 Å². The largest absolute Gasteiger partial charge is 0.493 e. The Morgan fingerprint density at radius 1 is 1.18 bits per heavy atom. The van der Waals surface area contributed by atoms with Gasteiger partial charge in [-0.2, -0.15) is 0 Å². The molecule has 186 valence electrons. The van der Waals surface area contributed by atoms with Gasteiger partial charge in [-0.25, -0.2) is 4.79 Å². The summed E-state index contributed by atoms with van der Waals surface area (Å²) in [6.07, 6.45) is 1.17. The molecule has 34 heavy (non-hydrogen) atoms. The van der Waals surface area contributed by atoms with E-state index in [2.05, 4.69) is 31.2 Å². The molecule has 2 aromatic carbocycles. The number of ether oxygens (including phenoxy) is 2. The summed E-state index contributed by atoms with van der Waals surface area (Å²) in [5, 5.41) is 10.6. The highest BCUT2D eigenvalue weighted by Gasteiger charge is 2.48. The van der Waals surface area contributed by atoms with Crippen LogP contribution in [-0.4, -0.2) is 55.3 Å². The second-order valence-corrected chi connectivity index (χ2v) is 10.2. The molecule has 2 aromatic rings. The van der Waals surface area contributed by atoms with Crippen molar-refractivity contribution in [2.75, 3.05) is 33.1 Å². The van der Waals surface area contributed by atoms with Crippen LogP contribution in [0, 0.1) is 11.3 Å². The van der Waals surface area contributed by atoms with E-state index in [9.17, 15) is 9.90 Å². The fraction of sp³-hybridized carbons (Fsp3) is 0.519. The van der Waals surface area contributed by atoms with E-state index in [0.717, 1.165) is 24.2 Å². The molecular weight excluding hydrogens is 450 g/mol. The van der Waals surface area contributed by atoms with Gasteiger partial charge in [-0.05, 0) is 48.9 Å². The fourth-order valence-corrected chi connectivity index (χ4v) is 5.25. The Balaban J connectivity index is 1.67. The summed E-state index contributed by atoms with van der Waals surface area (Å²) in [5.41, 5.74) is 1.86. The lowest BCUT2D eigenvalue weighted by molar-refractivity contribution is 0.0470. The SMILES string of the molecule is COC(=O)N1C[C@@H](c2ccc(OC)c(OSCC(C)CCc3ccccc3)c2)[C@](C)([C@@H](C)O)C1. The van der Waals surface area contributed by atoms with E-state index < -0.39 is 11.5 Å². The van der Waals surface area contributed by atoms with Crippen molar-refractivity contribution in [1.29, 1.82) is 0 Å². The molecule has 1 fully saturated rings. The fourth-order valence-electron chi connectivity index (χ4n) is 4.52. The van der Waals surface area contributed by atoms with Gasteiger partial charge in [0.05, 0.1) is 32.4 Å². The van der Waals surface area contributed by atoms with Crippen molar-refractivity contribution in [2.24, 2.45) is 11.3 Å². The molecular formula is C27H37NO5S. The van der Waals surface area contributed by atoms with Crippen LogP contribution in [0.15, 0.2) is 48.5 Å². The molecule has 1 heterocycles. The van der Waals surface area contributed by atoms with Crippen molar-refractivity contribution in [3.8, 4) is 11.5 Å². The third-order valence-electron chi connectivity index (χ3n) is 6.98. The van der Waals surface area contributed by atoms with E-state index in [1.807, 2.05) is 31.2 Å². The van der Waals surface area contributed by atoms with E-state index in [1.165, 1.54) is 24.7 Å². The topological polar surface area (TPSA) is 68.2 Å². The monoisotopic (exact) mass is 487 g/mol. The van der Waals surface area contributed by atoms with Gasteiger partial charge in [-0.15, -0.1) is 0 Å². The maximum absolute atomic E-state index is 12.2. The number of hydrogen-bond acceptors (Lipinski definition) is 6. The number of carbonyl (C=O) groups is 1. The molecule has 1 aliphatic heterocycles. The zero-order chi connectivity index (χ0) is 24.7. The zero-order valence-electron chi connectivity index (χ0n) is 20.8. The maximum atomic E-state index is 12.2. The Morgan fingerprint density at radius 2 is 1.91 bits per heavy atom. The Morgan fingerprint density at radius 3 is 2.56 bits per heavy atom. The number of hydrogen-bond donors (Lipinski definition) is 1. The zero-order valence-corrected chi connectivity index (χ0v) is 21.6. The second-order valence-electron chi connectivity index (χ2n) is 9.49. The third-order valence-corrected chi connectivity index (χ3v) is 7.98. The number of aliphatic hydroxyl groups excluding tert-OH is 1. The normalized spacial score (nSPS) is 21.7. The lowest BCUT2D eigenvalue weighted by atomic mass is 9.72. The first-order chi connectivity index (χ1) is 16.3. The Bertz CT molecular complexity index is 938. The summed E-state index contributed by atoms with van der Waals surface area (Å²) in [6, 6.07) is 16.4. The van der Waals surface area contributed by atoms with Gasteiger partial charge < -0.3 is 23.7 Å². The van der Waals surface area contributed by atoms with E-state index in [0.29, 0.717) is 30.5 Å². The van der Waals surface area contributed by atoms with Gasteiger partial charge in [-0.1, -0.05) is 50.2 Å². The molecule has 0 aromatic heterocycles. The molecule has 0 spiro atoms. The van der Waals surface area contributed by atoms with Crippen molar-refractivity contribution >= 4 is 18.1 Å². The summed E-state index contributed by atoms with van der Waals surface area (Å²) in [7, 11) is 3.01. The number of amides is 1. The minimum Gasteiger partial charge on any atom is -0.493 e. The molecule has 3 rings (SSSR count). The molecule has 1 N–H and O–H groups in total. The number of rotatable bonds is 10. The molecule has 1 aliphatic rings. The van der Waals surface area contributed by atoms with Crippen molar-refractivity contribution in [3.63, 3.8) is 0 Å². The van der Waals surface area contributed by atoms with Gasteiger partial charge in [0, 0.05) is 30.2 Å².